The molecule has 0 unspecified atom stereocenters. The van der Waals surface area contributed by atoms with Crippen molar-refractivity contribution in [1.29, 1.82) is 0 Å². The van der Waals surface area contributed by atoms with Crippen LogP contribution in [0.3, 0.4) is 0 Å². The highest BCUT2D eigenvalue weighted by atomic mass is 127. The molecule has 0 saturated heterocycles. The lowest BCUT2D eigenvalue weighted by atomic mass is 10.1. The topological polar surface area (TPSA) is 52.1 Å². The Balaban J connectivity index is 0.00000676. The van der Waals surface area contributed by atoms with Gasteiger partial charge in [-0.05, 0) is 44.0 Å². The van der Waals surface area contributed by atoms with E-state index in [-0.39, 0.29) is 24.0 Å². The number of aryl methyl sites for hydroxylation is 1. The average Bonchev–Trinajstić information content (AvgIpc) is 2.64. The first-order chi connectivity index (χ1) is 12.6. The Hall–Kier alpha value is -1.06. The summed E-state index contributed by atoms with van der Waals surface area (Å²) in [4.78, 5) is 8.71. The Bertz CT molecular complexity index is 508. The van der Waals surface area contributed by atoms with E-state index < -0.39 is 0 Å². The summed E-state index contributed by atoms with van der Waals surface area (Å²) in [6.45, 7) is 4.66. The van der Waals surface area contributed by atoms with Crippen LogP contribution in [0.15, 0.2) is 29.3 Å². The van der Waals surface area contributed by atoms with Crippen LogP contribution in [0.25, 0.3) is 0 Å². The first-order valence-corrected chi connectivity index (χ1v) is 9.45. The maximum atomic E-state index is 5.08. The number of guanidine groups is 1. The largest absolute Gasteiger partial charge is 0.385 e. The molecule has 0 aliphatic heterocycles. The van der Waals surface area contributed by atoms with Gasteiger partial charge < -0.3 is 25.2 Å². The van der Waals surface area contributed by atoms with Crippen LogP contribution in [0.1, 0.15) is 18.4 Å². The number of hydrogen-bond donors (Lipinski definition) is 2. The molecule has 7 heteroatoms. The van der Waals surface area contributed by atoms with E-state index in [2.05, 4.69) is 70.8 Å². The van der Waals surface area contributed by atoms with Gasteiger partial charge >= 0.3 is 0 Å². The maximum absolute atomic E-state index is 5.08. The third-order valence-electron chi connectivity index (χ3n) is 4.29. The van der Waals surface area contributed by atoms with Crippen LogP contribution < -0.4 is 15.5 Å². The lowest BCUT2D eigenvalue weighted by Gasteiger charge is -2.18. The lowest BCUT2D eigenvalue weighted by molar-refractivity contribution is 0.180. The fraction of sp³-hybridized carbons (Fsp3) is 0.650. The maximum Gasteiger partial charge on any atom is 0.191 e. The molecule has 0 heterocycles. The molecule has 0 aromatic heterocycles. The molecule has 1 aromatic carbocycles. The van der Waals surface area contributed by atoms with Crippen LogP contribution in [0.5, 0.6) is 0 Å². The highest BCUT2D eigenvalue weighted by Gasteiger charge is 2.01. The van der Waals surface area contributed by atoms with E-state index in [1.54, 1.807) is 7.11 Å². The van der Waals surface area contributed by atoms with E-state index in [9.17, 15) is 0 Å². The fourth-order valence-corrected chi connectivity index (χ4v) is 2.64. The van der Waals surface area contributed by atoms with Crippen LogP contribution in [0.4, 0.5) is 5.69 Å². The first kappa shape index (κ1) is 25.9. The second-order valence-corrected chi connectivity index (χ2v) is 6.74. The minimum Gasteiger partial charge on any atom is -0.385 e. The Morgan fingerprint density at radius 2 is 1.67 bits per heavy atom. The third-order valence-corrected chi connectivity index (χ3v) is 4.29. The van der Waals surface area contributed by atoms with Crippen LogP contribution in [-0.4, -0.2) is 78.9 Å². The second kappa shape index (κ2) is 15.9. The number of anilines is 1. The summed E-state index contributed by atoms with van der Waals surface area (Å²) in [7, 11) is 9.83. The van der Waals surface area contributed by atoms with Gasteiger partial charge in [-0.3, -0.25) is 4.99 Å². The van der Waals surface area contributed by atoms with Gasteiger partial charge in [-0.15, -0.1) is 24.0 Å². The van der Waals surface area contributed by atoms with Crippen molar-refractivity contribution in [2.75, 3.05) is 73.0 Å². The van der Waals surface area contributed by atoms with Crippen molar-refractivity contribution < 1.29 is 4.74 Å². The van der Waals surface area contributed by atoms with Gasteiger partial charge in [0, 0.05) is 66.7 Å². The summed E-state index contributed by atoms with van der Waals surface area (Å²) in [5.41, 5.74) is 2.61. The van der Waals surface area contributed by atoms with Crippen molar-refractivity contribution >= 4 is 35.6 Å². The predicted molar refractivity (Wildman–Crippen MR) is 128 cm³/mol. The van der Waals surface area contributed by atoms with E-state index in [4.69, 9.17) is 4.74 Å². The predicted octanol–water partition coefficient (Wildman–Crippen LogP) is 2.44. The van der Waals surface area contributed by atoms with Gasteiger partial charge in [-0.25, -0.2) is 0 Å². The normalized spacial score (nSPS) is 11.3. The van der Waals surface area contributed by atoms with Gasteiger partial charge in [-0.2, -0.15) is 0 Å². The number of hydrogen-bond acceptors (Lipinski definition) is 4. The average molecular weight is 491 g/mol. The molecule has 0 radical (unpaired) electrons. The van der Waals surface area contributed by atoms with Gasteiger partial charge in [0.05, 0.1) is 0 Å². The number of benzene rings is 1. The monoisotopic (exact) mass is 491 g/mol. The molecule has 156 valence electrons. The zero-order chi connectivity index (χ0) is 19.2. The Kier molecular flexibility index (Phi) is 15.3. The Labute approximate surface area is 182 Å². The molecule has 1 rings (SSSR count). The summed E-state index contributed by atoms with van der Waals surface area (Å²) in [5, 5.41) is 6.76. The first-order valence-electron chi connectivity index (χ1n) is 9.45. The summed E-state index contributed by atoms with van der Waals surface area (Å²) in [5.74, 6) is 0.873. The highest BCUT2D eigenvalue weighted by Crippen LogP contribution is 2.13. The molecule has 1 aromatic rings. The molecule has 0 spiro atoms. The van der Waals surface area contributed by atoms with E-state index >= 15 is 0 Å². The van der Waals surface area contributed by atoms with Crippen molar-refractivity contribution in [3.8, 4) is 0 Å². The van der Waals surface area contributed by atoms with Gasteiger partial charge in [0.15, 0.2) is 5.96 Å². The summed E-state index contributed by atoms with van der Waals surface area (Å²) in [6, 6.07) is 8.77. The highest BCUT2D eigenvalue weighted by molar-refractivity contribution is 14.0. The number of rotatable bonds is 12. The molecule has 2 N–H and O–H groups in total. The molecule has 6 nitrogen and oxygen atoms in total. The van der Waals surface area contributed by atoms with Crippen molar-refractivity contribution in [1.82, 2.24) is 15.5 Å². The number of aliphatic imine (C=N–C) groups is 1. The van der Waals surface area contributed by atoms with Crippen molar-refractivity contribution in [2.45, 2.75) is 19.3 Å². The van der Waals surface area contributed by atoms with E-state index in [0.717, 1.165) is 58.0 Å². The zero-order valence-corrected chi connectivity index (χ0v) is 20.0. The molecule has 0 fully saturated rings. The van der Waals surface area contributed by atoms with Gasteiger partial charge in [-0.1, -0.05) is 12.1 Å². The lowest BCUT2D eigenvalue weighted by Crippen LogP contribution is -2.41. The number of nitrogens with one attached hydrogen (secondary N) is 2. The number of ether oxygens (including phenoxy) is 1. The Morgan fingerprint density at radius 3 is 2.26 bits per heavy atom. The van der Waals surface area contributed by atoms with Crippen molar-refractivity contribution in [2.24, 2.45) is 4.99 Å². The molecule has 0 aliphatic carbocycles. The standard InChI is InChI=1S/C20H37N5O.HI/c1-21-20(23-14-16-25(4)15-7-17-26-5)22-13-6-8-18-9-11-19(12-10-18)24(2)3;/h9-12H,6-8,13-17H2,1-5H3,(H2,21,22,23);1H. The minimum absolute atomic E-state index is 0. The van der Waals surface area contributed by atoms with Gasteiger partial charge in [0.25, 0.3) is 0 Å². The van der Waals surface area contributed by atoms with E-state index in [1.807, 2.05) is 7.05 Å². The van der Waals surface area contributed by atoms with Crippen molar-refractivity contribution in [3.63, 3.8) is 0 Å². The van der Waals surface area contributed by atoms with Crippen LogP contribution >= 0.6 is 24.0 Å². The van der Waals surface area contributed by atoms with Gasteiger partial charge in [0.2, 0.25) is 0 Å². The molecule has 0 bridgehead atoms. The third kappa shape index (κ3) is 12.1. The molecule has 27 heavy (non-hydrogen) atoms. The second-order valence-electron chi connectivity index (χ2n) is 6.74. The fourth-order valence-electron chi connectivity index (χ4n) is 2.64. The molecule has 0 amide bonds. The zero-order valence-electron chi connectivity index (χ0n) is 17.6. The van der Waals surface area contributed by atoms with E-state index in [0.29, 0.717) is 0 Å². The Morgan fingerprint density at radius 1 is 1.00 bits per heavy atom. The molecular weight excluding hydrogens is 453 g/mol. The van der Waals surface area contributed by atoms with Crippen LogP contribution in [0.2, 0.25) is 0 Å². The molecule has 0 saturated carbocycles. The molecular formula is C20H38IN5O. The molecule has 0 atom stereocenters. The van der Waals surface area contributed by atoms with Crippen LogP contribution in [-0.2, 0) is 11.2 Å². The van der Waals surface area contributed by atoms with Crippen molar-refractivity contribution in [3.05, 3.63) is 29.8 Å². The number of methoxy groups -OCH3 is 1. The number of nitrogens with zero attached hydrogens (tertiary/aromatic N) is 3. The van der Waals surface area contributed by atoms with Gasteiger partial charge in [0.1, 0.15) is 0 Å². The summed E-state index contributed by atoms with van der Waals surface area (Å²) >= 11 is 0. The number of likely N-dealkylation sites (N-methyl/N-ethyl adjacent to an activating group) is 1. The number of halogens is 1. The minimum atomic E-state index is 0. The van der Waals surface area contributed by atoms with Crippen LogP contribution in [0, 0.1) is 0 Å². The smallest absolute Gasteiger partial charge is 0.191 e. The SMILES string of the molecule is CN=C(NCCCc1ccc(N(C)C)cc1)NCCN(C)CCCOC.I. The molecule has 0 aliphatic rings. The summed E-state index contributed by atoms with van der Waals surface area (Å²) in [6.07, 6.45) is 3.22. The van der Waals surface area contributed by atoms with E-state index in [1.165, 1.54) is 11.3 Å². The quantitative estimate of drug-likeness (QED) is 0.204. The summed E-state index contributed by atoms with van der Waals surface area (Å²) < 4.78 is 5.08.